The van der Waals surface area contributed by atoms with Gasteiger partial charge >= 0.3 is 5.97 Å². The normalized spacial score (nSPS) is 10.6. The second-order valence-electron chi connectivity index (χ2n) is 4.87. The Morgan fingerprint density at radius 3 is 2.70 bits per heavy atom. The van der Waals surface area contributed by atoms with Gasteiger partial charge in [0.15, 0.2) is 0 Å². The Kier molecular flexibility index (Phi) is 5.57. The molecule has 0 aliphatic rings. The highest BCUT2D eigenvalue weighted by Gasteiger charge is 2.24. The van der Waals surface area contributed by atoms with Gasteiger partial charge in [0.05, 0.1) is 24.3 Å². The minimum atomic E-state index is -0.418. The maximum absolute atomic E-state index is 12.3. The summed E-state index contributed by atoms with van der Waals surface area (Å²) in [7, 11) is 0. The van der Waals surface area contributed by atoms with Crippen molar-refractivity contribution in [2.45, 2.75) is 33.7 Å². The van der Waals surface area contributed by atoms with Gasteiger partial charge in [-0.15, -0.1) is 11.3 Å². The van der Waals surface area contributed by atoms with Crippen LogP contribution in [0.3, 0.4) is 0 Å². The topological polar surface area (TPSA) is 94.6 Å². The van der Waals surface area contributed by atoms with E-state index >= 15 is 0 Å². The number of thiophene rings is 1. The number of nitrogens with one attached hydrogen (secondary N) is 1. The Morgan fingerprint density at radius 2 is 2.13 bits per heavy atom. The fraction of sp³-hybridized carbons (Fsp3) is 0.375. The summed E-state index contributed by atoms with van der Waals surface area (Å²) in [6.45, 7) is 6.14. The van der Waals surface area contributed by atoms with Crippen LogP contribution < -0.4 is 11.1 Å². The Labute approximate surface area is 138 Å². The molecule has 2 rings (SSSR count). The molecular formula is C16H20N2O4S. The Morgan fingerprint density at radius 1 is 1.39 bits per heavy atom. The highest BCUT2D eigenvalue weighted by molar-refractivity contribution is 7.16. The summed E-state index contributed by atoms with van der Waals surface area (Å²) in [5, 5.41) is 3.28. The Hall–Kier alpha value is -2.12. The Bertz CT molecular complexity index is 718. The number of amides is 1. The first-order chi connectivity index (χ1) is 11.0. The van der Waals surface area contributed by atoms with Gasteiger partial charge in [-0.05, 0) is 31.9 Å². The van der Waals surface area contributed by atoms with E-state index in [0.717, 1.165) is 10.4 Å². The van der Waals surface area contributed by atoms with Crippen LogP contribution in [0, 0.1) is 6.92 Å². The first-order valence-electron chi connectivity index (χ1n) is 7.39. The third-order valence-electron chi connectivity index (χ3n) is 3.39. The predicted molar refractivity (Wildman–Crippen MR) is 88.9 cm³/mol. The molecule has 0 unspecified atom stereocenters. The van der Waals surface area contributed by atoms with Gasteiger partial charge in [0, 0.05) is 4.88 Å². The van der Waals surface area contributed by atoms with Crippen LogP contribution in [-0.4, -0.2) is 18.5 Å². The molecule has 2 aromatic rings. The zero-order valence-corrected chi connectivity index (χ0v) is 14.2. The van der Waals surface area contributed by atoms with Crippen LogP contribution in [0.1, 0.15) is 50.8 Å². The van der Waals surface area contributed by atoms with E-state index in [0.29, 0.717) is 28.3 Å². The zero-order chi connectivity index (χ0) is 17.0. The van der Waals surface area contributed by atoms with E-state index in [2.05, 4.69) is 5.32 Å². The van der Waals surface area contributed by atoms with Crippen LogP contribution in [0.5, 0.6) is 0 Å². The average Bonchev–Trinajstić information content (AvgIpc) is 3.11. The van der Waals surface area contributed by atoms with Crippen molar-refractivity contribution in [3.8, 4) is 0 Å². The molecule has 124 valence electrons. The van der Waals surface area contributed by atoms with Crippen LogP contribution in [-0.2, 0) is 17.7 Å². The molecule has 7 heteroatoms. The molecular weight excluding hydrogens is 316 g/mol. The summed E-state index contributed by atoms with van der Waals surface area (Å²) in [6, 6.07) is 1.58. The van der Waals surface area contributed by atoms with Crippen LogP contribution >= 0.6 is 11.3 Å². The Balaban J connectivity index is 2.31. The molecule has 2 heterocycles. The third-order valence-corrected chi connectivity index (χ3v) is 4.45. The molecule has 3 N–H and O–H groups in total. The van der Waals surface area contributed by atoms with Crippen molar-refractivity contribution in [2.24, 2.45) is 5.73 Å². The molecule has 0 fully saturated rings. The number of carbonyl (C=O) groups excluding carboxylic acids is 2. The van der Waals surface area contributed by atoms with E-state index in [-0.39, 0.29) is 19.1 Å². The molecule has 0 saturated heterocycles. The van der Waals surface area contributed by atoms with Gasteiger partial charge in [0.2, 0.25) is 0 Å². The molecule has 2 aromatic heterocycles. The molecule has 0 aliphatic heterocycles. The second-order valence-corrected chi connectivity index (χ2v) is 6.10. The number of ether oxygens (including phenoxy) is 1. The molecule has 0 saturated carbocycles. The number of anilines is 1. The summed E-state index contributed by atoms with van der Waals surface area (Å²) in [4.78, 5) is 25.5. The van der Waals surface area contributed by atoms with Crippen LogP contribution in [0.15, 0.2) is 16.7 Å². The van der Waals surface area contributed by atoms with E-state index in [1.165, 1.54) is 17.6 Å². The van der Waals surface area contributed by atoms with Crippen LogP contribution in [0.4, 0.5) is 5.00 Å². The number of carbonyl (C=O) groups is 2. The van der Waals surface area contributed by atoms with Crippen molar-refractivity contribution in [3.63, 3.8) is 0 Å². The average molecular weight is 336 g/mol. The fourth-order valence-corrected chi connectivity index (χ4v) is 3.42. The van der Waals surface area contributed by atoms with Gasteiger partial charge in [0.25, 0.3) is 5.91 Å². The van der Waals surface area contributed by atoms with Gasteiger partial charge in [-0.3, -0.25) is 4.79 Å². The minimum absolute atomic E-state index is 0.222. The predicted octanol–water partition coefficient (Wildman–Crippen LogP) is 3.10. The lowest BCUT2D eigenvalue weighted by Gasteiger charge is -2.07. The van der Waals surface area contributed by atoms with Crippen molar-refractivity contribution in [2.75, 3.05) is 11.9 Å². The number of esters is 1. The number of nitrogens with two attached hydrogens (primary N) is 1. The van der Waals surface area contributed by atoms with Gasteiger partial charge in [-0.1, -0.05) is 6.92 Å². The highest BCUT2D eigenvalue weighted by Crippen LogP contribution is 2.34. The number of hydrogen-bond donors (Lipinski definition) is 2. The standard InChI is InChI=1S/C16H20N2O4S/c1-4-12-9(3)23-15(13(12)16(20)21-5-2)18-14(19)10-6-11(7-17)22-8-10/h6,8H,4-5,7,17H2,1-3H3,(H,18,19). The lowest BCUT2D eigenvalue weighted by molar-refractivity contribution is 0.0527. The number of aryl methyl sites for hydroxylation is 1. The monoisotopic (exact) mass is 336 g/mol. The van der Waals surface area contributed by atoms with Gasteiger partial charge < -0.3 is 20.2 Å². The smallest absolute Gasteiger partial charge is 0.341 e. The molecule has 23 heavy (non-hydrogen) atoms. The van der Waals surface area contributed by atoms with E-state index in [1.807, 2.05) is 13.8 Å². The van der Waals surface area contributed by atoms with Gasteiger partial charge in [-0.25, -0.2) is 4.79 Å². The van der Waals surface area contributed by atoms with E-state index in [1.54, 1.807) is 13.0 Å². The molecule has 0 aromatic carbocycles. The van der Waals surface area contributed by atoms with E-state index in [4.69, 9.17) is 14.9 Å². The summed E-state index contributed by atoms with van der Waals surface area (Å²) in [5.41, 5.74) is 7.17. The number of rotatable bonds is 6. The second kappa shape index (κ2) is 7.43. The maximum atomic E-state index is 12.3. The fourth-order valence-electron chi connectivity index (χ4n) is 2.29. The van der Waals surface area contributed by atoms with Gasteiger partial charge in [0.1, 0.15) is 17.0 Å². The third kappa shape index (κ3) is 3.62. The lowest BCUT2D eigenvalue weighted by Crippen LogP contribution is -2.14. The highest BCUT2D eigenvalue weighted by atomic mass is 32.1. The van der Waals surface area contributed by atoms with Crippen molar-refractivity contribution >= 4 is 28.2 Å². The quantitative estimate of drug-likeness (QED) is 0.790. The maximum Gasteiger partial charge on any atom is 0.341 e. The molecule has 6 nitrogen and oxygen atoms in total. The molecule has 0 atom stereocenters. The van der Waals surface area contributed by atoms with Crippen molar-refractivity contribution < 1.29 is 18.7 Å². The van der Waals surface area contributed by atoms with Crippen LogP contribution in [0.25, 0.3) is 0 Å². The van der Waals surface area contributed by atoms with Gasteiger partial charge in [-0.2, -0.15) is 0 Å². The number of hydrogen-bond acceptors (Lipinski definition) is 6. The van der Waals surface area contributed by atoms with E-state index in [9.17, 15) is 9.59 Å². The first kappa shape index (κ1) is 17.2. The SMILES string of the molecule is CCOC(=O)c1c(NC(=O)c2coc(CN)c2)sc(C)c1CC. The lowest BCUT2D eigenvalue weighted by atomic mass is 10.1. The minimum Gasteiger partial charge on any atom is -0.467 e. The summed E-state index contributed by atoms with van der Waals surface area (Å²) in [5.74, 6) is -0.237. The zero-order valence-electron chi connectivity index (χ0n) is 13.4. The molecule has 0 bridgehead atoms. The molecule has 0 radical (unpaired) electrons. The summed E-state index contributed by atoms with van der Waals surface area (Å²) >= 11 is 1.37. The molecule has 0 spiro atoms. The molecule has 1 amide bonds. The first-order valence-corrected chi connectivity index (χ1v) is 8.21. The van der Waals surface area contributed by atoms with Crippen molar-refractivity contribution in [1.82, 2.24) is 0 Å². The van der Waals surface area contributed by atoms with E-state index < -0.39 is 5.97 Å². The van der Waals surface area contributed by atoms with Crippen molar-refractivity contribution in [3.05, 3.63) is 39.7 Å². The number of furan rings is 1. The van der Waals surface area contributed by atoms with Crippen LogP contribution in [0.2, 0.25) is 0 Å². The largest absolute Gasteiger partial charge is 0.467 e. The summed E-state index contributed by atoms with van der Waals surface area (Å²) < 4.78 is 10.3. The van der Waals surface area contributed by atoms with Crippen molar-refractivity contribution in [1.29, 1.82) is 0 Å². The molecule has 0 aliphatic carbocycles. The summed E-state index contributed by atoms with van der Waals surface area (Å²) in [6.07, 6.45) is 2.04.